The average molecular weight is 318 g/mol. The lowest BCUT2D eigenvalue weighted by atomic mass is 10.1. The number of carbonyl (C=O) groups excluding carboxylic acids is 1. The maximum Gasteiger partial charge on any atom is 0.270 e. The largest absolute Gasteiger partial charge is 0.381 e. The highest BCUT2D eigenvalue weighted by molar-refractivity contribution is 6.30. The van der Waals surface area contributed by atoms with E-state index in [9.17, 15) is 4.79 Å². The predicted octanol–water partition coefficient (Wildman–Crippen LogP) is 3.88. The van der Waals surface area contributed by atoms with Crippen molar-refractivity contribution in [2.24, 2.45) is 0 Å². The molecule has 0 saturated carbocycles. The maximum absolute atomic E-state index is 12.1. The molecule has 0 atom stereocenters. The number of amides is 1. The number of nitrogens with zero attached hydrogens (tertiary/aromatic N) is 1. The SMILES string of the molecule is CC(C)(C)NC(=O)c1cc(NCc2ccc(Cl)cc2)ccn1. The van der Waals surface area contributed by atoms with Crippen molar-refractivity contribution < 1.29 is 4.79 Å². The molecule has 0 fully saturated rings. The minimum atomic E-state index is -0.286. The Morgan fingerprint density at radius 3 is 2.50 bits per heavy atom. The second-order valence-electron chi connectivity index (χ2n) is 6.11. The van der Waals surface area contributed by atoms with E-state index >= 15 is 0 Å². The summed E-state index contributed by atoms with van der Waals surface area (Å²) >= 11 is 5.86. The molecule has 116 valence electrons. The van der Waals surface area contributed by atoms with Crippen LogP contribution in [0.4, 0.5) is 5.69 Å². The molecule has 1 amide bonds. The normalized spacial score (nSPS) is 11.1. The number of hydrogen-bond donors (Lipinski definition) is 2. The summed E-state index contributed by atoms with van der Waals surface area (Å²) in [7, 11) is 0. The number of benzene rings is 1. The second-order valence-corrected chi connectivity index (χ2v) is 6.55. The smallest absolute Gasteiger partial charge is 0.270 e. The van der Waals surface area contributed by atoms with Gasteiger partial charge in [0.05, 0.1) is 0 Å². The number of anilines is 1. The molecular formula is C17H20ClN3O. The van der Waals surface area contributed by atoms with Gasteiger partial charge in [-0.3, -0.25) is 9.78 Å². The number of halogens is 1. The summed E-state index contributed by atoms with van der Waals surface area (Å²) in [4.78, 5) is 16.2. The molecule has 0 aliphatic rings. The fourth-order valence-corrected chi connectivity index (χ4v) is 2.00. The van der Waals surface area contributed by atoms with Crippen LogP contribution in [-0.4, -0.2) is 16.4 Å². The van der Waals surface area contributed by atoms with E-state index in [1.807, 2.05) is 51.1 Å². The number of aromatic nitrogens is 1. The zero-order chi connectivity index (χ0) is 16.2. The van der Waals surface area contributed by atoms with E-state index in [2.05, 4.69) is 15.6 Å². The Balaban J connectivity index is 2.02. The molecular weight excluding hydrogens is 298 g/mol. The van der Waals surface area contributed by atoms with Crippen molar-refractivity contribution >= 4 is 23.2 Å². The first kappa shape index (κ1) is 16.3. The van der Waals surface area contributed by atoms with Gasteiger partial charge < -0.3 is 10.6 Å². The van der Waals surface area contributed by atoms with Gasteiger partial charge in [0.25, 0.3) is 5.91 Å². The highest BCUT2D eigenvalue weighted by Crippen LogP contribution is 2.13. The first-order valence-corrected chi connectivity index (χ1v) is 7.48. The van der Waals surface area contributed by atoms with Gasteiger partial charge in [-0.2, -0.15) is 0 Å². The molecule has 1 aromatic heterocycles. The molecule has 2 N–H and O–H groups in total. The predicted molar refractivity (Wildman–Crippen MR) is 90.2 cm³/mol. The highest BCUT2D eigenvalue weighted by Gasteiger charge is 2.16. The Morgan fingerprint density at radius 2 is 1.86 bits per heavy atom. The van der Waals surface area contributed by atoms with Crippen LogP contribution in [0.15, 0.2) is 42.6 Å². The summed E-state index contributed by atoms with van der Waals surface area (Å²) in [6, 6.07) is 11.2. The van der Waals surface area contributed by atoms with Crippen molar-refractivity contribution in [3.63, 3.8) is 0 Å². The standard InChI is InChI=1S/C17H20ClN3O/c1-17(2,3)21-16(22)15-10-14(8-9-19-15)20-11-12-4-6-13(18)7-5-12/h4-10H,11H2,1-3H3,(H,19,20)(H,21,22). The van der Waals surface area contributed by atoms with Crippen LogP contribution in [-0.2, 0) is 6.54 Å². The average Bonchev–Trinajstić information content (AvgIpc) is 2.45. The zero-order valence-electron chi connectivity index (χ0n) is 13.0. The molecule has 0 saturated heterocycles. The molecule has 4 nitrogen and oxygen atoms in total. The molecule has 1 aromatic carbocycles. The van der Waals surface area contributed by atoms with Crippen LogP contribution in [0.25, 0.3) is 0 Å². The minimum Gasteiger partial charge on any atom is -0.381 e. The van der Waals surface area contributed by atoms with Crippen LogP contribution < -0.4 is 10.6 Å². The molecule has 5 heteroatoms. The summed E-state index contributed by atoms with van der Waals surface area (Å²) in [5, 5.41) is 6.89. The lowest BCUT2D eigenvalue weighted by molar-refractivity contribution is 0.0914. The molecule has 2 aromatic rings. The molecule has 22 heavy (non-hydrogen) atoms. The third-order valence-electron chi connectivity index (χ3n) is 2.89. The summed E-state index contributed by atoms with van der Waals surface area (Å²) in [5.74, 6) is -0.178. The van der Waals surface area contributed by atoms with E-state index in [0.717, 1.165) is 11.3 Å². The number of rotatable bonds is 4. The molecule has 0 aliphatic heterocycles. The van der Waals surface area contributed by atoms with E-state index in [-0.39, 0.29) is 11.4 Å². The molecule has 0 aliphatic carbocycles. The third-order valence-corrected chi connectivity index (χ3v) is 3.14. The van der Waals surface area contributed by atoms with Gasteiger partial charge in [0.2, 0.25) is 0 Å². The van der Waals surface area contributed by atoms with Gasteiger partial charge in [0.15, 0.2) is 0 Å². The topological polar surface area (TPSA) is 54.0 Å². The van der Waals surface area contributed by atoms with Gasteiger partial charge in [0.1, 0.15) is 5.69 Å². The first-order chi connectivity index (χ1) is 10.3. The molecule has 1 heterocycles. The van der Waals surface area contributed by atoms with Gasteiger partial charge in [-0.05, 0) is 50.6 Å². The van der Waals surface area contributed by atoms with E-state index < -0.39 is 0 Å². The molecule has 0 unspecified atom stereocenters. The van der Waals surface area contributed by atoms with Crippen LogP contribution >= 0.6 is 11.6 Å². The molecule has 0 bridgehead atoms. The van der Waals surface area contributed by atoms with Crippen molar-refractivity contribution in [1.29, 1.82) is 0 Å². The number of pyridine rings is 1. The maximum atomic E-state index is 12.1. The van der Waals surface area contributed by atoms with Crippen molar-refractivity contribution in [2.75, 3.05) is 5.32 Å². The number of carbonyl (C=O) groups is 1. The Bertz CT molecular complexity index is 648. The first-order valence-electron chi connectivity index (χ1n) is 7.10. The number of hydrogen-bond acceptors (Lipinski definition) is 3. The second kappa shape index (κ2) is 6.79. The lowest BCUT2D eigenvalue weighted by Crippen LogP contribution is -2.40. The van der Waals surface area contributed by atoms with E-state index in [1.165, 1.54) is 0 Å². The summed E-state index contributed by atoms with van der Waals surface area (Å²) in [5.41, 5.74) is 2.08. The Hall–Kier alpha value is -2.07. The Morgan fingerprint density at radius 1 is 1.18 bits per heavy atom. The van der Waals surface area contributed by atoms with Crippen molar-refractivity contribution in [2.45, 2.75) is 32.9 Å². The Labute approximate surface area is 135 Å². The molecule has 0 spiro atoms. The fourth-order valence-electron chi connectivity index (χ4n) is 1.88. The lowest BCUT2D eigenvalue weighted by Gasteiger charge is -2.20. The van der Waals surface area contributed by atoms with Crippen molar-refractivity contribution in [3.8, 4) is 0 Å². The van der Waals surface area contributed by atoms with Crippen molar-refractivity contribution in [1.82, 2.24) is 10.3 Å². The van der Waals surface area contributed by atoms with Crippen LogP contribution in [0.3, 0.4) is 0 Å². The summed E-state index contributed by atoms with van der Waals surface area (Å²) in [6.45, 7) is 6.47. The third kappa shape index (κ3) is 5.04. The van der Waals surface area contributed by atoms with Gasteiger partial charge in [-0.15, -0.1) is 0 Å². The van der Waals surface area contributed by atoms with E-state index in [0.29, 0.717) is 17.3 Å². The van der Waals surface area contributed by atoms with E-state index in [4.69, 9.17) is 11.6 Å². The van der Waals surface area contributed by atoms with Crippen molar-refractivity contribution in [3.05, 3.63) is 58.9 Å². The fraction of sp³-hybridized carbons (Fsp3) is 0.294. The monoisotopic (exact) mass is 317 g/mol. The van der Waals surface area contributed by atoms with Gasteiger partial charge >= 0.3 is 0 Å². The van der Waals surface area contributed by atoms with Gasteiger partial charge in [-0.1, -0.05) is 23.7 Å². The quantitative estimate of drug-likeness (QED) is 0.900. The zero-order valence-corrected chi connectivity index (χ0v) is 13.7. The minimum absolute atomic E-state index is 0.178. The highest BCUT2D eigenvalue weighted by atomic mass is 35.5. The van der Waals surface area contributed by atoms with Gasteiger partial charge in [0, 0.05) is 29.0 Å². The summed E-state index contributed by atoms with van der Waals surface area (Å²) < 4.78 is 0. The van der Waals surface area contributed by atoms with E-state index in [1.54, 1.807) is 12.3 Å². The van der Waals surface area contributed by atoms with Crippen LogP contribution in [0.1, 0.15) is 36.8 Å². The Kier molecular flexibility index (Phi) is 5.03. The van der Waals surface area contributed by atoms with Crippen LogP contribution in [0.5, 0.6) is 0 Å². The van der Waals surface area contributed by atoms with Crippen LogP contribution in [0.2, 0.25) is 5.02 Å². The molecule has 2 rings (SSSR count). The van der Waals surface area contributed by atoms with Crippen LogP contribution in [0, 0.1) is 0 Å². The molecule has 0 radical (unpaired) electrons. The van der Waals surface area contributed by atoms with Gasteiger partial charge in [-0.25, -0.2) is 0 Å². The summed E-state index contributed by atoms with van der Waals surface area (Å²) in [6.07, 6.45) is 1.63. The number of nitrogens with one attached hydrogen (secondary N) is 2.